The molecular formula is C17H24N4O3S. The maximum atomic E-state index is 12.6. The second kappa shape index (κ2) is 8.09. The van der Waals surface area contributed by atoms with Crippen LogP contribution >= 0.6 is 0 Å². The summed E-state index contributed by atoms with van der Waals surface area (Å²) in [5, 5.41) is 4.34. The summed E-state index contributed by atoms with van der Waals surface area (Å²) < 4.78 is 34.7. The lowest BCUT2D eigenvalue weighted by molar-refractivity contribution is 0.0390. The van der Waals surface area contributed by atoms with Gasteiger partial charge in [-0.05, 0) is 12.5 Å². The molecule has 0 amide bonds. The summed E-state index contributed by atoms with van der Waals surface area (Å²) in [4.78, 5) is 2.43. The Labute approximate surface area is 148 Å². The average molecular weight is 364 g/mol. The Morgan fingerprint density at radius 2 is 1.92 bits per heavy atom. The van der Waals surface area contributed by atoms with Crippen LogP contribution in [0.4, 0.5) is 0 Å². The first-order valence-corrected chi connectivity index (χ1v) is 9.91. The van der Waals surface area contributed by atoms with Gasteiger partial charge in [0.1, 0.15) is 4.90 Å². The smallest absolute Gasteiger partial charge is 0.244 e. The molecule has 0 aliphatic carbocycles. The van der Waals surface area contributed by atoms with Crippen LogP contribution in [-0.4, -0.2) is 62.5 Å². The highest BCUT2D eigenvalue weighted by molar-refractivity contribution is 7.89. The lowest BCUT2D eigenvalue weighted by Gasteiger charge is -2.26. The molecule has 1 aromatic heterocycles. The second-order valence-electron chi connectivity index (χ2n) is 6.11. The molecule has 3 rings (SSSR count). The van der Waals surface area contributed by atoms with Gasteiger partial charge in [-0.2, -0.15) is 5.10 Å². The summed E-state index contributed by atoms with van der Waals surface area (Å²) in [5.41, 5.74) is 1.59. The topological polar surface area (TPSA) is 76.5 Å². The van der Waals surface area contributed by atoms with E-state index in [4.69, 9.17) is 4.74 Å². The average Bonchev–Trinajstić information content (AvgIpc) is 2.98. The lowest BCUT2D eigenvalue weighted by atomic mass is 10.2. The van der Waals surface area contributed by atoms with Crippen molar-refractivity contribution in [3.63, 3.8) is 0 Å². The third kappa shape index (κ3) is 4.88. The molecule has 1 saturated heterocycles. The van der Waals surface area contributed by atoms with Gasteiger partial charge in [0.05, 0.1) is 25.5 Å². The molecule has 2 heterocycles. The lowest BCUT2D eigenvalue weighted by Crippen LogP contribution is -2.41. The quantitative estimate of drug-likeness (QED) is 0.788. The number of nitrogens with zero attached hydrogens (tertiary/aromatic N) is 3. The van der Waals surface area contributed by atoms with Gasteiger partial charge in [-0.15, -0.1) is 0 Å². The van der Waals surface area contributed by atoms with E-state index in [0.29, 0.717) is 38.5 Å². The monoisotopic (exact) mass is 364 g/mol. The van der Waals surface area contributed by atoms with Crippen LogP contribution in [0.2, 0.25) is 0 Å². The number of hydrogen-bond donors (Lipinski definition) is 1. The fourth-order valence-corrected chi connectivity index (χ4v) is 4.06. The van der Waals surface area contributed by atoms with E-state index in [1.807, 2.05) is 30.3 Å². The normalized spacial score (nSPS) is 16.2. The molecular weight excluding hydrogens is 340 g/mol. The first-order valence-electron chi connectivity index (χ1n) is 8.42. The van der Waals surface area contributed by atoms with E-state index in [0.717, 1.165) is 18.7 Å². The van der Waals surface area contributed by atoms with E-state index in [9.17, 15) is 8.42 Å². The van der Waals surface area contributed by atoms with Crippen molar-refractivity contribution in [2.45, 2.75) is 18.4 Å². The molecule has 1 fully saturated rings. The van der Waals surface area contributed by atoms with Crippen molar-refractivity contribution in [3.8, 4) is 0 Å². The molecule has 1 aliphatic heterocycles. The van der Waals surface area contributed by atoms with Crippen molar-refractivity contribution >= 4 is 10.0 Å². The van der Waals surface area contributed by atoms with Crippen molar-refractivity contribution < 1.29 is 13.2 Å². The van der Waals surface area contributed by atoms with Gasteiger partial charge >= 0.3 is 0 Å². The molecule has 2 aromatic rings. The van der Waals surface area contributed by atoms with Crippen LogP contribution in [0.25, 0.3) is 0 Å². The van der Waals surface area contributed by atoms with E-state index < -0.39 is 10.0 Å². The third-order valence-electron chi connectivity index (χ3n) is 4.20. The molecule has 1 aromatic carbocycles. The number of ether oxygens (including phenoxy) is 1. The maximum Gasteiger partial charge on any atom is 0.244 e. The Kier molecular flexibility index (Phi) is 5.85. The van der Waals surface area contributed by atoms with Gasteiger partial charge in [-0.1, -0.05) is 30.3 Å². The summed E-state index contributed by atoms with van der Waals surface area (Å²) in [6.07, 6.45) is 1.60. The fourth-order valence-electron chi connectivity index (χ4n) is 2.86. The molecule has 0 atom stereocenters. The van der Waals surface area contributed by atoms with Gasteiger partial charge in [0, 0.05) is 32.4 Å². The number of aryl methyl sites for hydroxylation is 1. The molecule has 25 heavy (non-hydrogen) atoms. The zero-order valence-corrected chi connectivity index (χ0v) is 15.2. The number of sulfonamides is 1. The van der Waals surface area contributed by atoms with Crippen molar-refractivity contribution in [2.24, 2.45) is 0 Å². The van der Waals surface area contributed by atoms with Gasteiger partial charge in [-0.3, -0.25) is 9.58 Å². The van der Waals surface area contributed by atoms with Crippen LogP contribution in [0.3, 0.4) is 0 Å². The van der Waals surface area contributed by atoms with Gasteiger partial charge < -0.3 is 4.74 Å². The molecule has 0 unspecified atom stereocenters. The predicted molar refractivity (Wildman–Crippen MR) is 95.0 cm³/mol. The predicted octanol–water partition coefficient (Wildman–Crippen LogP) is 0.850. The number of nitrogens with one attached hydrogen (secondary N) is 1. The SMILES string of the molecule is Cc1nn(Cc2ccccc2)cc1S(=O)(=O)NCCN1CCOCC1. The minimum Gasteiger partial charge on any atom is -0.379 e. The van der Waals surface area contributed by atoms with Crippen LogP contribution in [0, 0.1) is 6.92 Å². The van der Waals surface area contributed by atoms with Crippen LogP contribution < -0.4 is 4.72 Å². The molecule has 0 saturated carbocycles. The summed E-state index contributed by atoms with van der Waals surface area (Å²) in [6.45, 7) is 6.43. The highest BCUT2D eigenvalue weighted by Crippen LogP contribution is 2.14. The standard InChI is InChI=1S/C17H24N4O3S/c1-15-17(14-21(19-15)13-16-5-3-2-4-6-16)25(22,23)18-7-8-20-9-11-24-12-10-20/h2-6,14,18H,7-13H2,1H3. The fraction of sp³-hybridized carbons (Fsp3) is 0.471. The summed E-state index contributed by atoms with van der Waals surface area (Å²) in [5.74, 6) is 0. The minimum absolute atomic E-state index is 0.241. The van der Waals surface area contributed by atoms with Crippen molar-refractivity contribution in [3.05, 3.63) is 47.8 Å². The number of morpholine rings is 1. The summed E-state index contributed by atoms with van der Waals surface area (Å²) in [7, 11) is -3.55. The largest absolute Gasteiger partial charge is 0.379 e. The number of aromatic nitrogens is 2. The molecule has 0 radical (unpaired) electrons. The molecule has 7 nitrogen and oxygen atoms in total. The Balaban J connectivity index is 1.61. The molecule has 0 spiro atoms. The van der Waals surface area contributed by atoms with Gasteiger partial charge in [0.2, 0.25) is 10.0 Å². The molecule has 8 heteroatoms. The van der Waals surface area contributed by atoms with Gasteiger partial charge in [0.15, 0.2) is 0 Å². The molecule has 136 valence electrons. The first-order chi connectivity index (χ1) is 12.0. The van der Waals surface area contributed by atoms with Gasteiger partial charge in [0.25, 0.3) is 0 Å². The molecule has 1 N–H and O–H groups in total. The van der Waals surface area contributed by atoms with E-state index >= 15 is 0 Å². The van der Waals surface area contributed by atoms with Crippen molar-refractivity contribution in [1.29, 1.82) is 0 Å². The first kappa shape index (κ1) is 18.1. The number of rotatable bonds is 7. The Morgan fingerprint density at radius 3 is 2.64 bits per heavy atom. The van der Waals surface area contributed by atoms with Crippen LogP contribution in [0.1, 0.15) is 11.3 Å². The zero-order valence-electron chi connectivity index (χ0n) is 14.4. The highest BCUT2D eigenvalue weighted by Gasteiger charge is 2.20. The van der Waals surface area contributed by atoms with Crippen LogP contribution in [0.15, 0.2) is 41.4 Å². The van der Waals surface area contributed by atoms with Crippen LogP contribution in [-0.2, 0) is 21.3 Å². The van der Waals surface area contributed by atoms with Gasteiger partial charge in [-0.25, -0.2) is 13.1 Å². The second-order valence-corrected chi connectivity index (χ2v) is 7.85. The minimum atomic E-state index is -3.55. The summed E-state index contributed by atoms with van der Waals surface area (Å²) in [6, 6.07) is 9.84. The zero-order chi connectivity index (χ0) is 17.7. The Hall–Kier alpha value is -1.74. The van der Waals surface area contributed by atoms with E-state index in [1.54, 1.807) is 17.8 Å². The summed E-state index contributed by atoms with van der Waals surface area (Å²) >= 11 is 0. The van der Waals surface area contributed by atoms with E-state index in [2.05, 4.69) is 14.7 Å². The molecule has 1 aliphatic rings. The maximum absolute atomic E-state index is 12.6. The Bertz CT molecular complexity index is 783. The van der Waals surface area contributed by atoms with Crippen LogP contribution in [0.5, 0.6) is 0 Å². The number of benzene rings is 1. The van der Waals surface area contributed by atoms with E-state index in [-0.39, 0.29) is 4.90 Å². The van der Waals surface area contributed by atoms with Crippen molar-refractivity contribution in [2.75, 3.05) is 39.4 Å². The van der Waals surface area contributed by atoms with Crippen molar-refractivity contribution in [1.82, 2.24) is 19.4 Å². The highest BCUT2D eigenvalue weighted by atomic mass is 32.2. The third-order valence-corrected chi connectivity index (χ3v) is 5.77. The van der Waals surface area contributed by atoms with E-state index in [1.165, 1.54) is 0 Å². The number of hydrogen-bond acceptors (Lipinski definition) is 5. The molecule has 0 bridgehead atoms. The Morgan fingerprint density at radius 1 is 1.20 bits per heavy atom.